The second-order valence-corrected chi connectivity index (χ2v) is 7.75. The Kier molecular flexibility index (Phi) is 5.45. The zero-order valence-electron chi connectivity index (χ0n) is 13.6. The minimum atomic E-state index is -3.96. The van der Waals surface area contributed by atoms with Crippen LogP contribution in [0, 0.1) is 5.82 Å². The van der Waals surface area contributed by atoms with Gasteiger partial charge in [0.25, 0.3) is 15.9 Å². The zero-order chi connectivity index (χ0) is 18.7. The summed E-state index contributed by atoms with van der Waals surface area (Å²) in [5.74, 6) is -0.824. The van der Waals surface area contributed by atoms with Gasteiger partial charge in [0.2, 0.25) is 0 Å². The molecule has 0 aromatic heterocycles. The van der Waals surface area contributed by atoms with Crippen LogP contribution in [0.3, 0.4) is 0 Å². The Hall–Kier alpha value is -2.16. The number of nitrogens with one attached hydrogen (secondary N) is 1. The number of halogens is 2. The van der Waals surface area contributed by atoms with E-state index in [1.807, 2.05) is 0 Å². The second-order valence-electron chi connectivity index (χ2n) is 5.66. The van der Waals surface area contributed by atoms with Crippen molar-refractivity contribution in [1.82, 2.24) is 4.90 Å². The molecule has 1 aliphatic heterocycles. The summed E-state index contributed by atoms with van der Waals surface area (Å²) in [5, 5.41) is 0.169. The topological polar surface area (TPSA) is 75.7 Å². The van der Waals surface area contributed by atoms with Gasteiger partial charge < -0.3 is 9.64 Å². The van der Waals surface area contributed by atoms with Crippen LogP contribution in [0.1, 0.15) is 10.4 Å². The van der Waals surface area contributed by atoms with Crippen molar-refractivity contribution in [3.63, 3.8) is 0 Å². The molecule has 26 heavy (non-hydrogen) atoms. The van der Waals surface area contributed by atoms with Crippen molar-refractivity contribution in [3.05, 3.63) is 58.9 Å². The number of carbonyl (C=O) groups excluding carboxylic acids is 1. The number of rotatable bonds is 4. The summed E-state index contributed by atoms with van der Waals surface area (Å²) in [7, 11) is -3.96. The maximum absolute atomic E-state index is 13.0. The Morgan fingerprint density at radius 3 is 2.42 bits per heavy atom. The zero-order valence-corrected chi connectivity index (χ0v) is 15.2. The van der Waals surface area contributed by atoms with Crippen molar-refractivity contribution in [2.24, 2.45) is 0 Å². The number of hydrogen-bond donors (Lipinski definition) is 1. The Balaban J connectivity index is 1.88. The summed E-state index contributed by atoms with van der Waals surface area (Å²) >= 11 is 6.10. The minimum absolute atomic E-state index is 0.107. The fourth-order valence-corrected chi connectivity index (χ4v) is 3.79. The van der Waals surface area contributed by atoms with Gasteiger partial charge in [-0.2, -0.15) is 0 Å². The van der Waals surface area contributed by atoms with Crippen LogP contribution in [0.2, 0.25) is 5.02 Å². The molecule has 0 bridgehead atoms. The van der Waals surface area contributed by atoms with Gasteiger partial charge in [0.15, 0.2) is 0 Å². The van der Waals surface area contributed by atoms with E-state index in [4.69, 9.17) is 16.3 Å². The molecule has 2 aromatic carbocycles. The monoisotopic (exact) mass is 398 g/mol. The number of benzene rings is 2. The normalized spacial score (nSPS) is 14.9. The van der Waals surface area contributed by atoms with Crippen LogP contribution < -0.4 is 4.72 Å². The first-order valence-electron chi connectivity index (χ1n) is 7.82. The van der Waals surface area contributed by atoms with E-state index in [-0.39, 0.29) is 27.1 Å². The number of carbonyl (C=O) groups is 1. The summed E-state index contributed by atoms with van der Waals surface area (Å²) in [4.78, 5) is 14.1. The number of morpholine rings is 1. The van der Waals surface area contributed by atoms with E-state index < -0.39 is 15.8 Å². The summed E-state index contributed by atoms with van der Waals surface area (Å²) in [6.45, 7) is 1.68. The summed E-state index contributed by atoms with van der Waals surface area (Å²) in [5.41, 5.74) is 0.318. The third-order valence-corrected chi connectivity index (χ3v) is 5.58. The van der Waals surface area contributed by atoms with Crippen molar-refractivity contribution in [2.45, 2.75) is 4.90 Å². The largest absolute Gasteiger partial charge is 0.378 e. The first-order valence-corrected chi connectivity index (χ1v) is 9.68. The van der Waals surface area contributed by atoms with Gasteiger partial charge >= 0.3 is 0 Å². The average Bonchev–Trinajstić information content (AvgIpc) is 2.64. The molecule has 0 spiro atoms. The van der Waals surface area contributed by atoms with E-state index in [0.717, 1.165) is 12.1 Å². The van der Waals surface area contributed by atoms with Gasteiger partial charge in [-0.1, -0.05) is 11.6 Å². The third-order valence-electron chi connectivity index (χ3n) is 3.87. The molecule has 2 aromatic rings. The highest BCUT2D eigenvalue weighted by atomic mass is 35.5. The van der Waals surface area contributed by atoms with E-state index in [1.54, 1.807) is 4.90 Å². The van der Waals surface area contributed by atoms with Gasteiger partial charge in [-0.05, 0) is 42.5 Å². The lowest BCUT2D eigenvalue weighted by Crippen LogP contribution is -2.40. The average molecular weight is 399 g/mol. The predicted octanol–water partition coefficient (Wildman–Crippen LogP) is 2.75. The van der Waals surface area contributed by atoms with E-state index in [9.17, 15) is 17.6 Å². The molecule has 1 fully saturated rings. The maximum Gasteiger partial charge on any atom is 0.261 e. The van der Waals surface area contributed by atoms with Crippen LogP contribution in [0.4, 0.5) is 10.1 Å². The molecule has 9 heteroatoms. The van der Waals surface area contributed by atoms with E-state index >= 15 is 0 Å². The lowest BCUT2D eigenvalue weighted by molar-refractivity contribution is 0.0303. The first-order chi connectivity index (χ1) is 12.4. The number of nitrogens with zero attached hydrogens (tertiary/aromatic N) is 1. The highest BCUT2D eigenvalue weighted by molar-refractivity contribution is 7.92. The molecule has 0 saturated carbocycles. The molecule has 138 valence electrons. The van der Waals surface area contributed by atoms with Crippen LogP contribution in [0.25, 0.3) is 0 Å². The van der Waals surface area contributed by atoms with Crippen LogP contribution in [0.15, 0.2) is 47.4 Å². The van der Waals surface area contributed by atoms with Gasteiger partial charge in [0.05, 0.1) is 28.7 Å². The third kappa shape index (κ3) is 4.14. The SMILES string of the molecule is O=C(c1cc(S(=O)(=O)Nc2ccc(F)cc2)ccc1Cl)N1CCOCC1. The molecule has 1 heterocycles. The molecule has 1 aliphatic rings. The second kappa shape index (κ2) is 7.61. The quantitative estimate of drug-likeness (QED) is 0.859. The standard InChI is InChI=1S/C17H16ClFN2O4S/c18-16-6-5-14(11-15(16)17(22)21-7-9-25-10-8-21)26(23,24)20-13-3-1-12(19)2-4-13/h1-6,11,20H,7-10H2. The molecule has 3 rings (SSSR count). The summed E-state index contributed by atoms with van der Waals surface area (Å²) < 4.78 is 45.6. The lowest BCUT2D eigenvalue weighted by atomic mass is 10.2. The molecule has 1 saturated heterocycles. The van der Waals surface area contributed by atoms with Crippen LogP contribution >= 0.6 is 11.6 Å². The number of amides is 1. The Morgan fingerprint density at radius 2 is 1.77 bits per heavy atom. The number of ether oxygens (including phenoxy) is 1. The van der Waals surface area contributed by atoms with Gasteiger partial charge in [-0.25, -0.2) is 12.8 Å². The van der Waals surface area contributed by atoms with Crippen molar-refractivity contribution in [3.8, 4) is 0 Å². The summed E-state index contributed by atoms with van der Waals surface area (Å²) in [6, 6.07) is 8.83. The van der Waals surface area contributed by atoms with Gasteiger partial charge in [0, 0.05) is 18.8 Å². The Morgan fingerprint density at radius 1 is 1.12 bits per heavy atom. The first kappa shape index (κ1) is 18.6. The van der Waals surface area contributed by atoms with Crippen molar-refractivity contribution < 1.29 is 22.3 Å². The minimum Gasteiger partial charge on any atom is -0.378 e. The fraction of sp³-hybridized carbons (Fsp3) is 0.235. The molecule has 0 unspecified atom stereocenters. The van der Waals surface area contributed by atoms with Gasteiger partial charge in [0.1, 0.15) is 5.82 Å². The lowest BCUT2D eigenvalue weighted by Gasteiger charge is -2.27. The molecule has 0 radical (unpaired) electrons. The Bertz CT molecular complexity index is 913. The smallest absolute Gasteiger partial charge is 0.261 e. The number of anilines is 1. The summed E-state index contributed by atoms with van der Waals surface area (Å²) in [6.07, 6.45) is 0. The van der Waals surface area contributed by atoms with Crippen LogP contribution in [-0.4, -0.2) is 45.5 Å². The molecule has 6 nitrogen and oxygen atoms in total. The van der Waals surface area contributed by atoms with E-state index in [1.165, 1.54) is 30.3 Å². The van der Waals surface area contributed by atoms with Crippen LogP contribution in [0.5, 0.6) is 0 Å². The molecular weight excluding hydrogens is 383 g/mol. The molecule has 0 atom stereocenters. The highest BCUT2D eigenvalue weighted by Crippen LogP contribution is 2.24. The van der Waals surface area contributed by atoms with E-state index in [2.05, 4.69) is 4.72 Å². The van der Waals surface area contributed by atoms with Gasteiger partial charge in [-0.15, -0.1) is 0 Å². The molecule has 1 N–H and O–H groups in total. The van der Waals surface area contributed by atoms with E-state index in [0.29, 0.717) is 26.3 Å². The Labute approximate surface area is 155 Å². The predicted molar refractivity (Wildman–Crippen MR) is 95.4 cm³/mol. The van der Waals surface area contributed by atoms with Crippen molar-refractivity contribution in [2.75, 3.05) is 31.0 Å². The van der Waals surface area contributed by atoms with Crippen molar-refractivity contribution in [1.29, 1.82) is 0 Å². The van der Waals surface area contributed by atoms with Crippen LogP contribution in [-0.2, 0) is 14.8 Å². The number of sulfonamides is 1. The van der Waals surface area contributed by atoms with Crippen molar-refractivity contribution >= 4 is 33.2 Å². The molecular formula is C17H16ClFN2O4S. The van der Waals surface area contributed by atoms with Gasteiger partial charge in [-0.3, -0.25) is 9.52 Å². The number of hydrogen-bond acceptors (Lipinski definition) is 4. The fourth-order valence-electron chi connectivity index (χ4n) is 2.50. The molecule has 1 amide bonds. The maximum atomic E-state index is 13.0. The highest BCUT2D eigenvalue weighted by Gasteiger charge is 2.23. The molecule has 0 aliphatic carbocycles.